The van der Waals surface area contributed by atoms with Crippen LogP contribution in [0.3, 0.4) is 0 Å². The molecule has 1 aromatic rings. The summed E-state index contributed by atoms with van der Waals surface area (Å²) in [6.07, 6.45) is 0.490. The second kappa shape index (κ2) is 6.14. The number of carbonyl (C=O) groups is 1. The molecule has 0 radical (unpaired) electrons. The molecular weight excluding hydrogens is 236 g/mol. The lowest BCUT2D eigenvalue weighted by molar-refractivity contribution is -0.122. The van der Waals surface area contributed by atoms with Crippen LogP contribution < -0.4 is 10.6 Å². The monoisotopic (exact) mass is 254 g/mol. The maximum Gasteiger partial charge on any atom is 0.221 e. The molecule has 2 rings (SSSR count). The largest absolute Gasteiger partial charge is 0.378 e. The molecule has 1 fully saturated rings. The smallest absolute Gasteiger partial charge is 0.221 e. The van der Waals surface area contributed by atoms with Gasteiger partial charge in [-0.15, -0.1) is 11.3 Å². The van der Waals surface area contributed by atoms with Gasteiger partial charge in [0.05, 0.1) is 19.8 Å². The summed E-state index contributed by atoms with van der Waals surface area (Å²) in [6.45, 7) is 4.91. The molecular formula is C12H18N2O2S. The van der Waals surface area contributed by atoms with E-state index < -0.39 is 0 Å². The summed E-state index contributed by atoms with van der Waals surface area (Å²) in [6, 6.07) is 4.29. The summed E-state index contributed by atoms with van der Waals surface area (Å²) < 4.78 is 5.31. The Morgan fingerprint density at radius 3 is 3.18 bits per heavy atom. The Morgan fingerprint density at radius 2 is 2.53 bits per heavy atom. The van der Waals surface area contributed by atoms with E-state index in [-0.39, 0.29) is 11.9 Å². The number of rotatable bonds is 4. The lowest BCUT2D eigenvalue weighted by Gasteiger charge is -2.23. The van der Waals surface area contributed by atoms with Crippen molar-refractivity contribution < 1.29 is 9.53 Å². The quantitative estimate of drug-likeness (QED) is 0.844. The molecule has 0 aromatic carbocycles. The fourth-order valence-electron chi connectivity index (χ4n) is 1.81. The van der Waals surface area contributed by atoms with Gasteiger partial charge in [-0.3, -0.25) is 4.79 Å². The fraction of sp³-hybridized carbons (Fsp3) is 0.583. The minimum atomic E-state index is 0.0825. The Morgan fingerprint density at radius 1 is 1.65 bits per heavy atom. The van der Waals surface area contributed by atoms with Gasteiger partial charge in [0.15, 0.2) is 0 Å². The molecule has 5 heteroatoms. The van der Waals surface area contributed by atoms with E-state index in [1.165, 1.54) is 9.75 Å². The van der Waals surface area contributed by atoms with Crippen molar-refractivity contribution in [2.24, 2.45) is 0 Å². The highest BCUT2D eigenvalue weighted by Crippen LogP contribution is 2.14. The van der Waals surface area contributed by atoms with Crippen molar-refractivity contribution in [1.82, 2.24) is 10.6 Å². The Labute approximate surface area is 105 Å². The highest BCUT2D eigenvalue weighted by Gasteiger charge is 2.16. The van der Waals surface area contributed by atoms with Crippen LogP contribution in [0.15, 0.2) is 12.1 Å². The van der Waals surface area contributed by atoms with Gasteiger partial charge < -0.3 is 15.4 Å². The zero-order valence-corrected chi connectivity index (χ0v) is 10.8. The number of morpholine rings is 1. The highest BCUT2D eigenvalue weighted by atomic mass is 32.1. The minimum Gasteiger partial charge on any atom is -0.378 e. The van der Waals surface area contributed by atoms with E-state index in [0.717, 1.165) is 13.2 Å². The number of thiophene rings is 1. The van der Waals surface area contributed by atoms with E-state index in [2.05, 4.69) is 29.7 Å². The van der Waals surface area contributed by atoms with Gasteiger partial charge in [-0.05, 0) is 19.1 Å². The molecule has 0 spiro atoms. The Hall–Kier alpha value is -0.910. The van der Waals surface area contributed by atoms with Crippen molar-refractivity contribution in [3.63, 3.8) is 0 Å². The summed E-state index contributed by atoms with van der Waals surface area (Å²) in [4.78, 5) is 14.2. The lowest BCUT2D eigenvalue weighted by atomic mass is 10.2. The van der Waals surface area contributed by atoms with Crippen molar-refractivity contribution in [2.45, 2.75) is 25.9 Å². The van der Waals surface area contributed by atoms with Crippen LogP contribution in [0.4, 0.5) is 0 Å². The number of ether oxygens (including phenoxy) is 1. The summed E-state index contributed by atoms with van der Waals surface area (Å²) >= 11 is 1.72. The second-order valence-corrected chi connectivity index (χ2v) is 5.59. The molecule has 17 heavy (non-hydrogen) atoms. The Bertz CT molecular complexity index is 372. The van der Waals surface area contributed by atoms with Gasteiger partial charge in [0, 0.05) is 28.8 Å². The maximum absolute atomic E-state index is 11.7. The second-order valence-electron chi connectivity index (χ2n) is 4.22. The van der Waals surface area contributed by atoms with Gasteiger partial charge in [-0.1, -0.05) is 0 Å². The first-order chi connectivity index (χ1) is 8.24. The molecule has 0 bridgehead atoms. The van der Waals surface area contributed by atoms with Crippen LogP contribution in [-0.2, 0) is 16.1 Å². The van der Waals surface area contributed by atoms with Crippen LogP contribution in [0.2, 0.25) is 0 Å². The lowest BCUT2D eigenvalue weighted by Crippen LogP contribution is -2.44. The predicted molar refractivity (Wildman–Crippen MR) is 68.1 cm³/mol. The molecule has 1 saturated heterocycles. The van der Waals surface area contributed by atoms with Gasteiger partial charge in [0.2, 0.25) is 5.91 Å². The summed E-state index contributed by atoms with van der Waals surface area (Å²) in [5.41, 5.74) is 0. The van der Waals surface area contributed by atoms with E-state index in [1.807, 2.05) is 0 Å². The van der Waals surface area contributed by atoms with Gasteiger partial charge >= 0.3 is 0 Å². The van der Waals surface area contributed by atoms with Crippen LogP contribution in [0.1, 0.15) is 16.2 Å². The molecule has 1 aliphatic heterocycles. The summed E-state index contributed by atoms with van der Waals surface area (Å²) in [7, 11) is 0. The van der Waals surface area contributed by atoms with Gasteiger partial charge in [-0.2, -0.15) is 0 Å². The summed E-state index contributed by atoms with van der Waals surface area (Å²) in [5, 5.41) is 6.20. The molecule has 1 unspecified atom stereocenters. The topological polar surface area (TPSA) is 50.4 Å². The molecule has 2 heterocycles. The number of amides is 1. The third-order valence-electron chi connectivity index (χ3n) is 2.69. The highest BCUT2D eigenvalue weighted by molar-refractivity contribution is 7.11. The third-order valence-corrected chi connectivity index (χ3v) is 3.69. The Balaban J connectivity index is 1.70. The van der Waals surface area contributed by atoms with Crippen molar-refractivity contribution in [3.8, 4) is 0 Å². The van der Waals surface area contributed by atoms with E-state index >= 15 is 0 Å². The van der Waals surface area contributed by atoms with E-state index in [0.29, 0.717) is 19.6 Å². The van der Waals surface area contributed by atoms with Crippen LogP contribution in [0.5, 0.6) is 0 Å². The van der Waals surface area contributed by atoms with E-state index in [1.54, 1.807) is 11.3 Å². The zero-order chi connectivity index (χ0) is 12.1. The summed E-state index contributed by atoms with van der Waals surface area (Å²) in [5.74, 6) is 0.0825. The normalized spacial score (nSPS) is 20.2. The number of hydrogen-bond acceptors (Lipinski definition) is 4. The van der Waals surface area contributed by atoms with Crippen molar-refractivity contribution >= 4 is 17.2 Å². The van der Waals surface area contributed by atoms with Crippen LogP contribution >= 0.6 is 11.3 Å². The molecule has 0 aliphatic carbocycles. The molecule has 1 aliphatic rings. The first kappa shape index (κ1) is 12.5. The van der Waals surface area contributed by atoms with Crippen molar-refractivity contribution in [3.05, 3.63) is 21.9 Å². The van der Waals surface area contributed by atoms with Crippen molar-refractivity contribution in [1.29, 1.82) is 0 Å². The molecule has 2 N–H and O–H groups in total. The van der Waals surface area contributed by atoms with Gasteiger partial charge in [0.1, 0.15) is 0 Å². The van der Waals surface area contributed by atoms with Crippen molar-refractivity contribution in [2.75, 3.05) is 19.8 Å². The average Bonchev–Trinajstić information content (AvgIpc) is 2.74. The molecule has 1 amide bonds. The number of carbonyl (C=O) groups excluding carboxylic acids is 1. The van der Waals surface area contributed by atoms with Crippen LogP contribution in [0, 0.1) is 6.92 Å². The van der Waals surface area contributed by atoms with E-state index in [9.17, 15) is 4.79 Å². The number of nitrogens with one attached hydrogen (secondary N) is 2. The minimum absolute atomic E-state index is 0.0825. The van der Waals surface area contributed by atoms with Crippen LogP contribution in [-0.4, -0.2) is 31.7 Å². The van der Waals surface area contributed by atoms with Gasteiger partial charge in [0.25, 0.3) is 0 Å². The molecule has 4 nitrogen and oxygen atoms in total. The molecule has 1 aromatic heterocycles. The SMILES string of the molecule is Cc1ccc(CNC(=O)CC2COCCN2)s1. The third kappa shape index (κ3) is 4.11. The first-order valence-electron chi connectivity index (χ1n) is 5.87. The fourth-order valence-corrected chi connectivity index (χ4v) is 2.64. The average molecular weight is 254 g/mol. The van der Waals surface area contributed by atoms with Gasteiger partial charge in [-0.25, -0.2) is 0 Å². The van der Waals surface area contributed by atoms with Crippen LogP contribution in [0.25, 0.3) is 0 Å². The zero-order valence-electron chi connectivity index (χ0n) is 9.99. The number of hydrogen-bond donors (Lipinski definition) is 2. The molecule has 0 saturated carbocycles. The van der Waals surface area contributed by atoms with E-state index in [4.69, 9.17) is 4.74 Å². The molecule has 1 atom stereocenters. The standard InChI is InChI=1S/C12H18N2O2S/c1-9-2-3-11(17-9)7-14-12(15)6-10-8-16-5-4-13-10/h2-3,10,13H,4-8H2,1H3,(H,14,15). The Kier molecular flexibility index (Phi) is 4.53. The molecule has 94 valence electrons. The predicted octanol–water partition coefficient (Wildman–Crippen LogP) is 1.05. The maximum atomic E-state index is 11.7. The first-order valence-corrected chi connectivity index (χ1v) is 6.69. The number of aryl methyl sites for hydroxylation is 1.